The number of benzene rings is 1. The van der Waals surface area contributed by atoms with Gasteiger partial charge in [0.1, 0.15) is 5.82 Å². The first-order valence-electron chi connectivity index (χ1n) is 7.28. The van der Waals surface area contributed by atoms with Crippen LogP contribution in [0.1, 0.15) is 36.1 Å². The van der Waals surface area contributed by atoms with E-state index in [2.05, 4.69) is 5.32 Å². The molecule has 4 heteroatoms. The molecule has 1 aliphatic carbocycles. The quantitative estimate of drug-likeness (QED) is 0.908. The molecule has 1 aromatic carbocycles. The third-order valence-corrected chi connectivity index (χ3v) is 5.02. The maximum Gasteiger partial charge on any atom is 0.225 e. The second-order valence-corrected chi connectivity index (χ2v) is 6.61. The Morgan fingerprint density at radius 1 is 1.19 bits per heavy atom. The summed E-state index contributed by atoms with van der Waals surface area (Å²) < 4.78 is 14.2. The van der Waals surface area contributed by atoms with Gasteiger partial charge in [0.15, 0.2) is 0 Å². The third kappa shape index (κ3) is 3.00. The molecule has 0 spiro atoms. The summed E-state index contributed by atoms with van der Waals surface area (Å²) in [7, 11) is 0. The number of carbonyl (C=O) groups is 1. The van der Waals surface area contributed by atoms with Crippen LogP contribution in [-0.2, 0) is 16.8 Å². The van der Waals surface area contributed by atoms with Crippen LogP contribution in [0, 0.1) is 5.82 Å². The molecule has 0 saturated heterocycles. The minimum absolute atomic E-state index is 0.0254. The molecule has 1 N–H and O–H groups in total. The van der Waals surface area contributed by atoms with Crippen LogP contribution in [0.2, 0.25) is 0 Å². The van der Waals surface area contributed by atoms with Gasteiger partial charge in [-0.1, -0.05) is 37.1 Å². The highest BCUT2D eigenvalue weighted by Crippen LogP contribution is 2.39. The number of nitrogens with one attached hydrogen (secondary N) is 1. The van der Waals surface area contributed by atoms with Crippen LogP contribution >= 0.6 is 11.3 Å². The predicted octanol–water partition coefficient (Wildman–Crippen LogP) is 4.02. The molecule has 1 aliphatic rings. The molecule has 0 radical (unpaired) electrons. The Bertz CT molecular complexity index is 617. The van der Waals surface area contributed by atoms with E-state index < -0.39 is 5.54 Å². The van der Waals surface area contributed by atoms with Gasteiger partial charge < -0.3 is 5.32 Å². The van der Waals surface area contributed by atoms with Crippen molar-refractivity contribution in [1.29, 1.82) is 0 Å². The van der Waals surface area contributed by atoms with Gasteiger partial charge in [-0.25, -0.2) is 4.39 Å². The highest BCUT2D eigenvalue weighted by Gasteiger charge is 2.38. The van der Waals surface area contributed by atoms with Gasteiger partial charge in [0, 0.05) is 10.4 Å². The van der Waals surface area contributed by atoms with E-state index in [-0.39, 0.29) is 11.7 Å². The van der Waals surface area contributed by atoms with Gasteiger partial charge in [0.2, 0.25) is 5.91 Å². The van der Waals surface area contributed by atoms with E-state index >= 15 is 0 Å². The fourth-order valence-corrected chi connectivity index (χ4v) is 3.88. The Labute approximate surface area is 128 Å². The van der Waals surface area contributed by atoms with Crippen LogP contribution < -0.4 is 5.32 Å². The second kappa shape index (κ2) is 5.98. The van der Waals surface area contributed by atoms with Gasteiger partial charge in [-0.15, -0.1) is 11.3 Å². The second-order valence-electron chi connectivity index (χ2n) is 5.57. The zero-order valence-electron chi connectivity index (χ0n) is 11.8. The molecule has 0 aliphatic heterocycles. The molecule has 2 nitrogen and oxygen atoms in total. The van der Waals surface area contributed by atoms with E-state index in [0.29, 0.717) is 12.0 Å². The first-order valence-corrected chi connectivity index (χ1v) is 8.16. The van der Waals surface area contributed by atoms with E-state index in [0.717, 1.165) is 30.6 Å². The van der Waals surface area contributed by atoms with Crippen molar-refractivity contribution >= 4 is 17.2 Å². The van der Waals surface area contributed by atoms with E-state index in [1.54, 1.807) is 23.5 Å². The summed E-state index contributed by atoms with van der Waals surface area (Å²) in [6, 6.07) is 10.7. The van der Waals surface area contributed by atoms with Crippen LogP contribution in [0.4, 0.5) is 4.39 Å². The van der Waals surface area contributed by atoms with Crippen molar-refractivity contribution in [1.82, 2.24) is 5.32 Å². The fraction of sp³-hybridized carbons (Fsp3) is 0.353. The number of hydrogen-bond donors (Lipinski definition) is 1. The van der Waals surface area contributed by atoms with Crippen LogP contribution in [0.25, 0.3) is 0 Å². The summed E-state index contributed by atoms with van der Waals surface area (Å²) in [5, 5.41) is 5.08. The van der Waals surface area contributed by atoms with Crippen molar-refractivity contribution in [2.75, 3.05) is 0 Å². The van der Waals surface area contributed by atoms with Crippen LogP contribution in [0.3, 0.4) is 0 Å². The SMILES string of the molecule is O=C(Cc1cccs1)NC1(c2ccccc2F)CCCC1. The van der Waals surface area contributed by atoms with Gasteiger partial charge in [0.25, 0.3) is 0 Å². The number of amides is 1. The fourth-order valence-electron chi connectivity index (χ4n) is 3.17. The molecule has 1 heterocycles. The van der Waals surface area contributed by atoms with Crippen molar-refractivity contribution in [2.24, 2.45) is 0 Å². The largest absolute Gasteiger partial charge is 0.346 e. The molecular weight excluding hydrogens is 285 g/mol. The van der Waals surface area contributed by atoms with E-state index in [4.69, 9.17) is 0 Å². The lowest BCUT2D eigenvalue weighted by Gasteiger charge is -2.31. The third-order valence-electron chi connectivity index (χ3n) is 4.14. The Morgan fingerprint density at radius 3 is 2.62 bits per heavy atom. The number of thiophene rings is 1. The first kappa shape index (κ1) is 14.3. The first-order chi connectivity index (χ1) is 10.2. The predicted molar refractivity (Wildman–Crippen MR) is 82.7 cm³/mol. The minimum atomic E-state index is -0.528. The molecule has 110 valence electrons. The number of rotatable bonds is 4. The molecule has 1 fully saturated rings. The molecule has 0 unspecified atom stereocenters. The lowest BCUT2D eigenvalue weighted by Crippen LogP contribution is -2.45. The number of hydrogen-bond acceptors (Lipinski definition) is 2. The Morgan fingerprint density at radius 2 is 1.95 bits per heavy atom. The van der Waals surface area contributed by atoms with Crippen LogP contribution in [0.15, 0.2) is 41.8 Å². The molecule has 1 aromatic heterocycles. The van der Waals surface area contributed by atoms with E-state index in [1.807, 2.05) is 23.6 Å². The summed E-state index contributed by atoms with van der Waals surface area (Å²) in [5.41, 5.74) is 0.0988. The topological polar surface area (TPSA) is 29.1 Å². The summed E-state index contributed by atoms with van der Waals surface area (Å²) in [5.74, 6) is -0.251. The van der Waals surface area contributed by atoms with Crippen molar-refractivity contribution in [2.45, 2.75) is 37.6 Å². The van der Waals surface area contributed by atoms with Gasteiger partial charge >= 0.3 is 0 Å². The molecule has 2 aromatic rings. The molecule has 3 rings (SSSR count). The maximum atomic E-state index is 14.2. The van der Waals surface area contributed by atoms with Crippen molar-refractivity contribution in [3.63, 3.8) is 0 Å². The molecule has 0 atom stereocenters. The lowest BCUT2D eigenvalue weighted by molar-refractivity contribution is -0.122. The Balaban J connectivity index is 1.81. The van der Waals surface area contributed by atoms with Crippen LogP contribution in [-0.4, -0.2) is 5.91 Å². The smallest absolute Gasteiger partial charge is 0.225 e. The van der Waals surface area contributed by atoms with Gasteiger partial charge in [-0.05, 0) is 30.4 Å². The molecular formula is C17H18FNOS. The van der Waals surface area contributed by atoms with Crippen molar-refractivity contribution < 1.29 is 9.18 Å². The monoisotopic (exact) mass is 303 g/mol. The number of carbonyl (C=O) groups excluding carboxylic acids is 1. The zero-order chi connectivity index (χ0) is 14.7. The summed E-state index contributed by atoms with van der Waals surface area (Å²) in [6.45, 7) is 0. The normalized spacial score (nSPS) is 16.8. The van der Waals surface area contributed by atoms with E-state index in [9.17, 15) is 9.18 Å². The highest BCUT2D eigenvalue weighted by molar-refractivity contribution is 7.10. The molecule has 21 heavy (non-hydrogen) atoms. The summed E-state index contributed by atoms with van der Waals surface area (Å²) in [4.78, 5) is 13.4. The molecule has 0 bridgehead atoms. The number of halogens is 1. The zero-order valence-corrected chi connectivity index (χ0v) is 12.6. The molecule has 1 saturated carbocycles. The Hall–Kier alpha value is -1.68. The Kier molecular flexibility index (Phi) is 4.06. The van der Waals surface area contributed by atoms with Gasteiger partial charge in [-0.3, -0.25) is 4.79 Å². The van der Waals surface area contributed by atoms with Crippen LogP contribution in [0.5, 0.6) is 0 Å². The van der Waals surface area contributed by atoms with E-state index in [1.165, 1.54) is 6.07 Å². The standard InChI is InChI=1S/C17H18FNOS/c18-15-8-2-1-7-14(15)17(9-3-4-10-17)19-16(20)12-13-6-5-11-21-13/h1-2,5-8,11H,3-4,9-10,12H2,(H,19,20). The summed E-state index contributed by atoms with van der Waals surface area (Å²) in [6.07, 6.45) is 4.03. The highest BCUT2D eigenvalue weighted by atomic mass is 32.1. The average molecular weight is 303 g/mol. The summed E-state index contributed by atoms with van der Waals surface area (Å²) >= 11 is 1.57. The van der Waals surface area contributed by atoms with Gasteiger partial charge in [0.05, 0.1) is 12.0 Å². The lowest BCUT2D eigenvalue weighted by atomic mass is 9.87. The van der Waals surface area contributed by atoms with Crippen molar-refractivity contribution in [3.8, 4) is 0 Å². The molecule has 1 amide bonds. The maximum absolute atomic E-state index is 14.2. The average Bonchev–Trinajstić information content (AvgIpc) is 3.11. The van der Waals surface area contributed by atoms with Gasteiger partial charge in [-0.2, -0.15) is 0 Å². The van der Waals surface area contributed by atoms with Crippen molar-refractivity contribution in [3.05, 3.63) is 58.0 Å². The minimum Gasteiger partial charge on any atom is -0.346 e.